The summed E-state index contributed by atoms with van der Waals surface area (Å²) in [5.74, 6) is 0.883. The summed E-state index contributed by atoms with van der Waals surface area (Å²) in [5.41, 5.74) is 7.56. The molecule has 0 heterocycles. The van der Waals surface area contributed by atoms with Crippen molar-refractivity contribution in [2.75, 3.05) is 6.61 Å². The van der Waals surface area contributed by atoms with Crippen molar-refractivity contribution >= 4 is 18.0 Å². The molecule has 2 amide bonds. The van der Waals surface area contributed by atoms with Gasteiger partial charge in [0.2, 0.25) is 0 Å². The third kappa shape index (κ3) is 9.07. The van der Waals surface area contributed by atoms with Gasteiger partial charge in [-0.05, 0) is 79.6 Å². The van der Waals surface area contributed by atoms with Gasteiger partial charge in [0, 0.05) is 0 Å². The molecule has 3 aromatic carbocycles. The van der Waals surface area contributed by atoms with Gasteiger partial charge < -0.3 is 14.8 Å². The fourth-order valence-electron chi connectivity index (χ4n) is 3.97. The number of nitrogens with zero attached hydrogens (tertiary/aromatic N) is 1. The Bertz CT molecular complexity index is 1230. The molecule has 0 radical (unpaired) electrons. The van der Waals surface area contributed by atoms with Gasteiger partial charge in [-0.3, -0.25) is 9.59 Å². The van der Waals surface area contributed by atoms with Crippen LogP contribution in [-0.4, -0.2) is 30.7 Å². The van der Waals surface area contributed by atoms with Crippen LogP contribution < -0.4 is 20.2 Å². The fourth-order valence-corrected chi connectivity index (χ4v) is 3.97. The van der Waals surface area contributed by atoms with Gasteiger partial charge in [-0.2, -0.15) is 5.10 Å². The number of carbonyl (C=O) groups excluding carboxylic acids is 2. The topological polar surface area (TPSA) is 89.0 Å². The number of nitrogens with one attached hydrogen (secondary N) is 2. The van der Waals surface area contributed by atoms with E-state index in [1.165, 1.54) is 5.56 Å². The zero-order valence-electron chi connectivity index (χ0n) is 22.8. The second kappa shape index (κ2) is 14.0. The number of hydrazone groups is 1. The van der Waals surface area contributed by atoms with Gasteiger partial charge in [0.15, 0.2) is 6.61 Å². The van der Waals surface area contributed by atoms with Crippen LogP contribution in [-0.2, 0) is 16.2 Å². The van der Waals surface area contributed by atoms with Crippen LogP contribution in [0.1, 0.15) is 48.1 Å². The van der Waals surface area contributed by atoms with E-state index in [0.29, 0.717) is 18.8 Å². The Hall–Kier alpha value is -4.13. The molecule has 1 atom stereocenters. The maximum atomic E-state index is 12.8. The molecule has 0 saturated heterocycles. The highest BCUT2D eigenvalue weighted by Crippen LogP contribution is 2.22. The Balaban J connectivity index is 1.50. The van der Waals surface area contributed by atoms with Crippen molar-refractivity contribution in [2.45, 2.75) is 53.7 Å². The monoisotopic (exact) mass is 515 g/mol. The Morgan fingerprint density at radius 1 is 0.921 bits per heavy atom. The molecule has 0 spiro atoms. The van der Waals surface area contributed by atoms with Gasteiger partial charge in [-0.15, -0.1) is 0 Å². The highest BCUT2D eigenvalue weighted by atomic mass is 16.5. The number of hydrogen-bond acceptors (Lipinski definition) is 5. The SMILES string of the molecule is Cc1cccc(COc2ccc(/C=N\NC(=O)[C@@H](CC(C)C)NC(=O)COc3c(C)cccc3C)cc2)c1. The number of rotatable bonds is 12. The molecule has 0 aromatic heterocycles. The number of hydrogen-bond donors (Lipinski definition) is 2. The standard InChI is InChI=1S/C31H37N3O4/c1-21(2)16-28(33-29(35)20-38-30-23(4)9-7-10-24(30)5)31(36)34-32-18-25-12-14-27(15-13-25)37-19-26-11-6-8-22(3)17-26/h6-15,17-18,21,28H,16,19-20H2,1-5H3,(H,33,35)(H,34,36)/b32-18-/t28-/m1/s1. The van der Waals surface area contributed by atoms with Gasteiger partial charge >= 0.3 is 0 Å². The van der Waals surface area contributed by atoms with E-state index < -0.39 is 6.04 Å². The number of para-hydroxylation sites is 1. The van der Waals surface area contributed by atoms with Crippen LogP contribution >= 0.6 is 0 Å². The van der Waals surface area contributed by atoms with Crippen LogP contribution in [0.3, 0.4) is 0 Å². The van der Waals surface area contributed by atoms with Gasteiger partial charge in [-0.1, -0.05) is 61.9 Å². The zero-order chi connectivity index (χ0) is 27.5. The molecule has 3 aromatic rings. The minimum Gasteiger partial charge on any atom is -0.489 e. The largest absolute Gasteiger partial charge is 0.489 e. The first-order valence-electron chi connectivity index (χ1n) is 12.8. The van der Waals surface area contributed by atoms with E-state index in [4.69, 9.17) is 9.47 Å². The fraction of sp³-hybridized carbons (Fsp3) is 0.323. The highest BCUT2D eigenvalue weighted by Gasteiger charge is 2.22. The van der Waals surface area contributed by atoms with Crippen molar-refractivity contribution in [3.63, 3.8) is 0 Å². The normalized spacial score (nSPS) is 11.8. The third-order valence-electron chi connectivity index (χ3n) is 5.87. The number of aryl methyl sites for hydroxylation is 3. The molecule has 0 aliphatic heterocycles. The lowest BCUT2D eigenvalue weighted by atomic mass is 10.0. The molecule has 7 heteroatoms. The van der Waals surface area contributed by atoms with Crippen LogP contribution in [0.25, 0.3) is 0 Å². The summed E-state index contributed by atoms with van der Waals surface area (Å²) in [7, 11) is 0. The van der Waals surface area contributed by atoms with Gasteiger partial charge in [0.1, 0.15) is 24.1 Å². The third-order valence-corrected chi connectivity index (χ3v) is 5.87. The molecule has 0 saturated carbocycles. The molecule has 7 nitrogen and oxygen atoms in total. The van der Waals surface area contributed by atoms with E-state index in [2.05, 4.69) is 34.9 Å². The quantitative estimate of drug-likeness (QED) is 0.255. The average molecular weight is 516 g/mol. The summed E-state index contributed by atoms with van der Waals surface area (Å²) < 4.78 is 11.6. The highest BCUT2D eigenvalue weighted by molar-refractivity contribution is 5.89. The second-order valence-electron chi connectivity index (χ2n) is 9.84. The first-order chi connectivity index (χ1) is 18.2. The molecular weight excluding hydrogens is 478 g/mol. The van der Waals surface area contributed by atoms with Gasteiger partial charge in [0.05, 0.1) is 6.21 Å². The summed E-state index contributed by atoms with van der Waals surface area (Å²) in [4.78, 5) is 25.3. The van der Waals surface area contributed by atoms with E-state index in [0.717, 1.165) is 28.0 Å². The van der Waals surface area contributed by atoms with Gasteiger partial charge in [0.25, 0.3) is 11.8 Å². The smallest absolute Gasteiger partial charge is 0.262 e. The van der Waals surface area contributed by atoms with Crippen molar-refractivity contribution in [2.24, 2.45) is 11.0 Å². The number of benzene rings is 3. The summed E-state index contributed by atoms with van der Waals surface area (Å²) in [6, 6.07) is 20.7. The minimum absolute atomic E-state index is 0.171. The van der Waals surface area contributed by atoms with E-state index >= 15 is 0 Å². The summed E-state index contributed by atoms with van der Waals surface area (Å²) in [6.07, 6.45) is 2.03. The summed E-state index contributed by atoms with van der Waals surface area (Å²) in [6.45, 7) is 10.2. The van der Waals surface area contributed by atoms with Crippen molar-refractivity contribution in [3.05, 3.63) is 94.5 Å². The Morgan fingerprint density at radius 2 is 1.61 bits per heavy atom. The van der Waals surface area contributed by atoms with E-state index in [9.17, 15) is 9.59 Å². The lowest BCUT2D eigenvalue weighted by molar-refractivity contribution is -0.130. The molecular formula is C31H37N3O4. The van der Waals surface area contributed by atoms with Crippen molar-refractivity contribution in [3.8, 4) is 11.5 Å². The lowest BCUT2D eigenvalue weighted by Gasteiger charge is -2.19. The molecule has 0 aliphatic rings. The molecule has 0 unspecified atom stereocenters. The van der Waals surface area contributed by atoms with Crippen LogP contribution in [0.4, 0.5) is 0 Å². The number of carbonyl (C=O) groups is 2. The van der Waals surface area contributed by atoms with E-state index in [-0.39, 0.29) is 24.3 Å². The predicted molar refractivity (Wildman–Crippen MR) is 150 cm³/mol. The molecule has 38 heavy (non-hydrogen) atoms. The first kappa shape index (κ1) is 28.4. The lowest BCUT2D eigenvalue weighted by Crippen LogP contribution is -2.47. The molecule has 2 N–H and O–H groups in total. The van der Waals surface area contributed by atoms with Crippen LogP contribution in [0.2, 0.25) is 0 Å². The van der Waals surface area contributed by atoms with Crippen LogP contribution in [0.5, 0.6) is 11.5 Å². The molecule has 0 fully saturated rings. The van der Waals surface area contributed by atoms with Crippen LogP contribution in [0.15, 0.2) is 71.8 Å². The zero-order valence-corrected chi connectivity index (χ0v) is 22.8. The number of ether oxygens (including phenoxy) is 2. The van der Waals surface area contributed by atoms with Crippen molar-refractivity contribution in [1.82, 2.24) is 10.7 Å². The first-order valence-corrected chi connectivity index (χ1v) is 12.8. The molecule has 0 aliphatic carbocycles. The summed E-state index contributed by atoms with van der Waals surface area (Å²) >= 11 is 0. The van der Waals surface area contributed by atoms with Gasteiger partial charge in [-0.25, -0.2) is 5.43 Å². The molecule has 3 rings (SSSR count). The van der Waals surface area contributed by atoms with Crippen molar-refractivity contribution in [1.29, 1.82) is 0 Å². The Kier molecular flexibility index (Phi) is 10.5. The Labute approximate surface area is 225 Å². The molecule has 0 bridgehead atoms. The van der Waals surface area contributed by atoms with E-state index in [1.807, 2.05) is 82.3 Å². The van der Waals surface area contributed by atoms with E-state index in [1.54, 1.807) is 6.21 Å². The minimum atomic E-state index is -0.724. The average Bonchev–Trinajstić information content (AvgIpc) is 2.87. The predicted octanol–water partition coefficient (Wildman–Crippen LogP) is 5.25. The van der Waals surface area contributed by atoms with Crippen molar-refractivity contribution < 1.29 is 19.1 Å². The maximum absolute atomic E-state index is 12.8. The second-order valence-corrected chi connectivity index (χ2v) is 9.84. The Morgan fingerprint density at radius 3 is 2.26 bits per heavy atom. The molecule has 200 valence electrons. The van der Waals surface area contributed by atoms with Crippen LogP contribution in [0, 0.1) is 26.7 Å². The summed E-state index contributed by atoms with van der Waals surface area (Å²) in [5, 5.41) is 6.86. The maximum Gasteiger partial charge on any atom is 0.262 e. The number of amides is 2.